The number of pyridine rings is 1. The number of aromatic nitrogens is 1. The largest absolute Gasteiger partial charge is 0.472 e. The van der Waals surface area contributed by atoms with Gasteiger partial charge in [0.05, 0.1) is 6.54 Å². The molecule has 5 nitrogen and oxygen atoms in total. The predicted molar refractivity (Wildman–Crippen MR) is 80.3 cm³/mol. The van der Waals surface area contributed by atoms with Crippen molar-refractivity contribution >= 4 is 11.7 Å². The van der Waals surface area contributed by atoms with Gasteiger partial charge in [-0.3, -0.25) is 0 Å². The SMILES string of the molecule is O=C(Nc1ccccc1)N1CCC(Oc2ccccn2)C1. The van der Waals surface area contributed by atoms with Gasteiger partial charge in [0, 0.05) is 30.9 Å². The molecule has 21 heavy (non-hydrogen) atoms. The van der Waals surface area contributed by atoms with Crippen LogP contribution in [0.4, 0.5) is 10.5 Å². The van der Waals surface area contributed by atoms with Crippen LogP contribution in [0, 0.1) is 0 Å². The van der Waals surface area contributed by atoms with Crippen LogP contribution >= 0.6 is 0 Å². The molecule has 1 aliphatic heterocycles. The van der Waals surface area contributed by atoms with Gasteiger partial charge in [0.2, 0.25) is 5.88 Å². The molecule has 0 saturated carbocycles. The molecule has 0 aliphatic carbocycles. The van der Waals surface area contributed by atoms with Gasteiger partial charge in [-0.05, 0) is 18.2 Å². The van der Waals surface area contributed by atoms with E-state index < -0.39 is 0 Å². The first-order valence-electron chi connectivity index (χ1n) is 7.00. The lowest BCUT2D eigenvalue weighted by Gasteiger charge is -2.17. The minimum absolute atomic E-state index is 0.00132. The Kier molecular flexibility index (Phi) is 4.00. The second-order valence-corrected chi connectivity index (χ2v) is 4.94. The molecule has 3 rings (SSSR count). The monoisotopic (exact) mass is 283 g/mol. The van der Waals surface area contributed by atoms with Crippen molar-refractivity contribution in [1.82, 2.24) is 9.88 Å². The van der Waals surface area contributed by atoms with Gasteiger partial charge in [-0.1, -0.05) is 24.3 Å². The van der Waals surface area contributed by atoms with E-state index >= 15 is 0 Å². The average Bonchev–Trinajstić information content (AvgIpc) is 2.98. The third-order valence-electron chi connectivity index (χ3n) is 3.38. The first kappa shape index (κ1) is 13.4. The Bertz CT molecular complexity index is 589. The van der Waals surface area contributed by atoms with Crippen molar-refractivity contribution in [1.29, 1.82) is 0 Å². The van der Waals surface area contributed by atoms with Crippen LogP contribution in [0.1, 0.15) is 6.42 Å². The minimum Gasteiger partial charge on any atom is -0.472 e. The summed E-state index contributed by atoms with van der Waals surface area (Å²) in [5, 5.41) is 2.88. The fraction of sp³-hybridized carbons (Fsp3) is 0.250. The highest BCUT2D eigenvalue weighted by molar-refractivity contribution is 5.89. The number of amides is 2. The van der Waals surface area contributed by atoms with Crippen molar-refractivity contribution in [2.75, 3.05) is 18.4 Å². The van der Waals surface area contributed by atoms with Crippen molar-refractivity contribution < 1.29 is 9.53 Å². The summed E-state index contributed by atoms with van der Waals surface area (Å²) in [6, 6.07) is 14.9. The first-order chi connectivity index (χ1) is 10.3. The van der Waals surface area contributed by atoms with Crippen LogP contribution in [0.5, 0.6) is 5.88 Å². The van der Waals surface area contributed by atoms with Gasteiger partial charge in [-0.25, -0.2) is 9.78 Å². The van der Waals surface area contributed by atoms with E-state index in [1.165, 1.54) is 0 Å². The van der Waals surface area contributed by atoms with Crippen LogP contribution in [-0.2, 0) is 0 Å². The van der Waals surface area contributed by atoms with Gasteiger partial charge in [0.15, 0.2) is 0 Å². The normalized spacial score (nSPS) is 17.5. The number of anilines is 1. The quantitative estimate of drug-likeness (QED) is 0.942. The number of benzene rings is 1. The lowest BCUT2D eigenvalue weighted by atomic mass is 10.3. The number of rotatable bonds is 3. The number of para-hydroxylation sites is 1. The Balaban J connectivity index is 1.53. The minimum atomic E-state index is -0.0895. The van der Waals surface area contributed by atoms with Gasteiger partial charge in [0.1, 0.15) is 6.10 Å². The number of hydrogen-bond acceptors (Lipinski definition) is 3. The van der Waals surface area contributed by atoms with E-state index in [1.54, 1.807) is 11.1 Å². The molecule has 2 amide bonds. The van der Waals surface area contributed by atoms with E-state index in [0.717, 1.165) is 12.1 Å². The van der Waals surface area contributed by atoms with Crippen LogP contribution in [0.2, 0.25) is 0 Å². The molecule has 1 N–H and O–H groups in total. The molecule has 1 saturated heterocycles. The summed E-state index contributed by atoms with van der Waals surface area (Å²) >= 11 is 0. The van der Waals surface area contributed by atoms with E-state index in [0.29, 0.717) is 19.0 Å². The number of urea groups is 1. The molecule has 1 unspecified atom stereocenters. The van der Waals surface area contributed by atoms with Crippen molar-refractivity contribution in [3.63, 3.8) is 0 Å². The molecule has 2 heterocycles. The van der Waals surface area contributed by atoms with Crippen LogP contribution in [0.15, 0.2) is 54.7 Å². The molecule has 1 aliphatic rings. The second kappa shape index (κ2) is 6.26. The molecule has 1 aromatic carbocycles. The van der Waals surface area contributed by atoms with E-state index in [1.807, 2.05) is 48.5 Å². The molecule has 0 spiro atoms. The maximum Gasteiger partial charge on any atom is 0.321 e. The van der Waals surface area contributed by atoms with E-state index in [9.17, 15) is 4.79 Å². The molecule has 1 atom stereocenters. The number of carbonyl (C=O) groups is 1. The topological polar surface area (TPSA) is 54.5 Å². The average molecular weight is 283 g/mol. The van der Waals surface area contributed by atoms with Gasteiger partial charge in [0.25, 0.3) is 0 Å². The third-order valence-corrected chi connectivity index (χ3v) is 3.38. The standard InChI is InChI=1S/C16H17N3O2/c20-16(18-13-6-2-1-3-7-13)19-11-9-14(12-19)21-15-8-4-5-10-17-15/h1-8,10,14H,9,11-12H2,(H,18,20). The summed E-state index contributed by atoms with van der Waals surface area (Å²) in [5.41, 5.74) is 0.802. The fourth-order valence-corrected chi connectivity index (χ4v) is 2.32. The molecule has 2 aromatic rings. The molecular weight excluding hydrogens is 266 g/mol. The van der Waals surface area contributed by atoms with Gasteiger partial charge in [-0.2, -0.15) is 0 Å². The third kappa shape index (κ3) is 3.51. The summed E-state index contributed by atoms with van der Waals surface area (Å²) in [5.74, 6) is 0.604. The Morgan fingerprint density at radius 1 is 1.19 bits per heavy atom. The fourth-order valence-electron chi connectivity index (χ4n) is 2.32. The highest BCUT2D eigenvalue weighted by Crippen LogP contribution is 2.17. The highest BCUT2D eigenvalue weighted by Gasteiger charge is 2.27. The van der Waals surface area contributed by atoms with Gasteiger partial charge < -0.3 is 15.0 Å². The maximum atomic E-state index is 12.2. The summed E-state index contributed by atoms with van der Waals surface area (Å²) in [4.78, 5) is 18.1. The summed E-state index contributed by atoms with van der Waals surface area (Å²) in [6.45, 7) is 1.27. The first-order valence-corrected chi connectivity index (χ1v) is 7.00. The molecule has 1 fully saturated rings. The molecule has 0 radical (unpaired) electrons. The Labute approximate surface area is 123 Å². The van der Waals surface area contributed by atoms with Crippen molar-refractivity contribution in [3.8, 4) is 5.88 Å². The predicted octanol–water partition coefficient (Wildman–Crippen LogP) is 2.77. The highest BCUT2D eigenvalue weighted by atomic mass is 16.5. The zero-order valence-electron chi connectivity index (χ0n) is 11.6. The molecule has 108 valence electrons. The van der Waals surface area contributed by atoms with Crippen LogP contribution in [0.3, 0.4) is 0 Å². The lowest BCUT2D eigenvalue weighted by Crippen LogP contribution is -2.34. The molecule has 5 heteroatoms. The van der Waals surface area contributed by atoms with E-state index in [4.69, 9.17) is 4.74 Å². The van der Waals surface area contributed by atoms with Crippen molar-refractivity contribution in [2.45, 2.75) is 12.5 Å². The Hall–Kier alpha value is -2.56. The number of likely N-dealkylation sites (tertiary alicyclic amines) is 1. The molecule has 0 bridgehead atoms. The summed E-state index contributed by atoms with van der Waals surface area (Å²) in [7, 11) is 0. The number of nitrogens with one attached hydrogen (secondary N) is 1. The number of hydrogen-bond donors (Lipinski definition) is 1. The van der Waals surface area contributed by atoms with Crippen LogP contribution in [-0.4, -0.2) is 35.1 Å². The Morgan fingerprint density at radius 2 is 2.00 bits per heavy atom. The zero-order chi connectivity index (χ0) is 14.5. The summed E-state index contributed by atoms with van der Waals surface area (Å²) < 4.78 is 5.77. The van der Waals surface area contributed by atoms with Crippen LogP contribution < -0.4 is 10.1 Å². The van der Waals surface area contributed by atoms with E-state index in [-0.39, 0.29) is 12.1 Å². The lowest BCUT2D eigenvalue weighted by molar-refractivity contribution is 0.190. The van der Waals surface area contributed by atoms with Crippen molar-refractivity contribution in [3.05, 3.63) is 54.7 Å². The smallest absolute Gasteiger partial charge is 0.321 e. The van der Waals surface area contributed by atoms with Crippen molar-refractivity contribution in [2.24, 2.45) is 0 Å². The van der Waals surface area contributed by atoms with Gasteiger partial charge in [-0.15, -0.1) is 0 Å². The number of ether oxygens (including phenoxy) is 1. The number of carbonyl (C=O) groups excluding carboxylic acids is 1. The molecule has 1 aromatic heterocycles. The second-order valence-electron chi connectivity index (χ2n) is 4.94. The Morgan fingerprint density at radius 3 is 2.76 bits per heavy atom. The summed E-state index contributed by atoms with van der Waals surface area (Å²) in [6.07, 6.45) is 2.52. The van der Waals surface area contributed by atoms with Gasteiger partial charge >= 0.3 is 6.03 Å². The zero-order valence-corrected chi connectivity index (χ0v) is 11.6. The molecular formula is C16H17N3O2. The number of nitrogens with zero attached hydrogens (tertiary/aromatic N) is 2. The van der Waals surface area contributed by atoms with E-state index in [2.05, 4.69) is 10.3 Å². The van der Waals surface area contributed by atoms with Crippen LogP contribution in [0.25, 0.3) is 0 Å². The maximum absolute atomic E-state index is 12.2.